The van der Waals surface area contributed by atoms with Gasteiger partial charge in [-0.25, -0.2) is 0 Å². The fourth-order valence-corrected chi connectivity index (χ4v) is 3.89. The number of allylic oxidation sites excluding steroid dienone is 4. The zero-order valence-corrected chi connectivity index (χ0v) is 12.8. The molecule has 0 N–H and O–H groups in total. The molecule has 20 heavy (non-hydrogen) atoms. The molecule has 1 aliphatic rings. The van der Waals surface area contributed by atoms with Crippen molar-refractivity contribution >= 4 is 32.1 Å². The van der Waals surface area contributed by atoms with Crippen molar-refractivity contribution in [2.45, 2.75) is 11.5 Å². The van der Waals surface area contributed by atoms with Gasteiger partial charge in [0.2, 0.25) is 9.76 Å². The minimum absolute atomic E-state index is 0.0928. The van der Waals surface area contributed by atoms with Gasteiger partial charge in [-0.1, -0.05) is 78.4 Å². The van der Waals surface area contributed by atoms with Crippen molar-refractivity contribution in [3.8, 4) is 0 Å². The summed E-state index contributed by atoms with van der Waals surface area (Å²) < 4.78 is 5.59. The van der Waals surface area contributed by atoms with E-state index in [-0.39, 0.29) is 11.1 Å². The van der Waals surface area contributed by atoms with Crippen LogP contribution in [-0.4, -0.2) is 15.8 Å². The normalized spacial score (nSPS) is 21.4. The van der Waals surface area contributed by atoms with Crippen molar-refractivity contribution in [1.29, 1.82) is 0 Å². The second-order valence-electron chi connectivity index (χ2n) is 4.84. The summed E-state index contributed by atoms with van der Waals surface area (Å²) in [5, 5.41) is 2.47. The van der Waals surface area contributed by atoms with Crippen LogP contribution >= 0.6 is 11.6 Å². The Morgan fingerprint density at radius 1 is 1.10 bits per heavy atom. The maximum absolute atomic E-state index is 5.73. The molecule has 0 bridgehead atoms. The Balaban J connectivity index is 2.14. The molecule has 0 aromatic heterocycles. The highest BCUT2D eigenvalue weighted by atomic mass is 35.5. The second-order valence-corrected chi connectivity index (χ2v) is 6.45. The van der Waals surface area contributed by atoms with Crippen molar-refractivity contribution in [3.63, 3.8) is 0 Å². The van der Waals surface area contributed by atoms with Crippen LogP contribution in [0.3, 0.4) is 0 Å². The minimum Gasteiger partial charge on any atom is -0.403 e. The van der Waals surface area contributed by atoms with Crippen molar-refractivity contribution in [2.24, 2.45) is 0 Å². The van der Waals surface area contributed by atoms with E-state index in [0.29, 0.717) is 9.76 Å². The van der Waals surface area contributed by atoms with Crippen LogP contribution in [0.1, 0.15) is 12.0 Å². The Hall–Kier alpha value is -1.35. The lowest BCUT2D eigenvalue weighted by Crippen LogP contribution is -2.33. The maximum Gasteiger partial charge on any atom is 0.247 e. The topological polar surface area (TPSA) is 9.23 Å². The molecule has 1 unspecified atom stereocenters. The molecule has 0 heterocycles. The Bertz CT molecular complexity index is 660. The molecule has 0 amide bonds. The van der Waals surface area contributed by atoms with Gasteiger partial charge < -0.3 is 4.43 Å². The Morgan fingerprint density at radius 3 is 2.75 bits per heavy atom. The van der Waals surface area contributed by atoms with E-state index in [9.17, 15) is 0 Å². The SMILES string of the molecule is ClCO[Si]C1(c2cccc3ccccc23)C=CC=CC1. The third-order valence-corrected chi connectivity index (χ3v) is 5.23. The summed E-state index contributed by atoms with van der Waals surface area (Å²) in [4.78, 5) is 0. The largest absolute Gasteiger partial charge is 0.403 e. The molecule has 2 aromatic rings. The van der Waals surface area contributed by atoms with E-state index < -0.39 is 0 Å². The summed E-state index contributed by atoms with van der Waals surface area (Å²) in [5.74, 6) is 0. The van der Waals surface area contributed by atoms with E-state index in [2.05, 4.69) is 66.8 Å². The molecule has 0 aliphatic heterocycles. The Labute approximate surface area is 126 Å². The molecule has 1 atom stereocenters. The number of rotatable bonds is 4. The predicted molar refractivity (Wildman–Crippen MR) is 86.1 cm³/mol. The first kappa shape index (κ1) is 13.6. The molecular formula is C17H15ClOSi. The summed E-state index contributed by atoms with van der Waals surface area (Å²) in [6.45, 7) is 0. The molecule has 0 saturated heterocycles. The predicted octanol–water partition coefficient (Wildman–Crippen LogP) is 4.38. The van der Waals surface area contributed by atoms with Gasteiger partial charge in [0.1, 0.15) is 6.07 Å². The van der Waals surface area contributed by atoms with Gasteiger partial charge in [-0.15, -0.1) is 0 Å². The highest BCUT2D eigenvalue weighted by Gasteiger charge is 2.33. The van der Waals surface area contributed by atoms with E-state index in [4.69, 9.17) is 16.0 Å². The van der Waals surface area contributed by atoms with Crippen molar-refractivity contribution in [2.75, 3.05) is 6.07 Å². The number of hydrogen-bond acceptors (Lipinski definition) is 1. The molecule has 0 spiro atoms. The molecule has 3 heteroatoms. The lowest BCUT2D eigenvalue weighted by Gasteiger charge is -2.31. The van der Waals surface area contributed by atoms with Gasteiger partial charge in [-0.05, 0) is 22.8 Å². The van der Waals surface area contributed by atoms with Crippen molar-refractivity contribution in [3.05, 3.63) is 72.3 Å². The molecule has 2 aromatic carbocycles. The van der Waals surface area contributed by atoms with Crippen LogP contribution in [0.4, 0.5) is 0 Å². The summed E-state index contributed by atoms with van der Waals surface area (Å²) >= 11 is 5.73. The smallest absolute Gasteiger partial charge is 0.247 e. The number of halogens is 1. The highest BCUT2D eigenvalue weighted by molar-refractivity contribution is 6.36. The minimum atomic E-state index is -0.0928. The average Bonchev–Trinajstić information content (AvgIpc) is 2.53. The monoisotopic (exact) mass is 298 g/mol. The summed E-state index contributed by atoms with van der Waals surface area (Å²) in [6, 6.07) is 15.2. The Morgan fingerprint density at radius 2 is 1.95 bits per heavy atom. The van der Waals surface area contributed by atoms with E-state index >= 15 is 0 Å². The third kappa shape index (κ3) is 2.47. The molecule has 3 rings (SSSR count). The third-order valence-electron chi connectivity index (χ3n) is 3.65. The van der Waals surface area contributed by atoms with Gasteiger partial charge in [0.25, 0.3) is 0 Å². The van der Waals surface area contributed by atoms with Crippen molar-refractivity contribution < 1.29 is 4.43 Å². The highest BCUT2D eigenvalue weighted by Crippen LogP contribution is 2.36. The Kier molecular flexibility index (Phi) is 4.06. The molecule has 1 aliphatic carbocycles. The number of fused-ring (bicyclic) bond motifs is 1. The first-order chi connectivity index (χ1) is 9.86. The zero-order chi connectivity index (χ0) is 13.8. The summed E-state index contributed by atoms with van der Waals surface area (Å²) in [7, 11) is 0.322. The van der Waals surface area contributed by atoms with Crippen LogP contribution in [0.25, 0.3) is 10.8 Å². The first-order valence-corrected chi connectivity index (χ1v) is 8.07. The molecule has 0 saturated carbocycles. The number of benzene rings is 2. The quantitative estimate of drug-likeness (QED) is 0.601. The number of hydrogen-bond donors (Lipinski definition) is 0. The van der Waals surface area contributed by atoms with Gasteiger partial charge in [0.05, 0.1) is 0 Å². The summed E-state index contributed by atoms with van der Waals surface area (Å²) in [6.07, 6.45) is 9.60. The van der Waals surface area contributed by atoms with Gasteiger partial charge in [-0.3, -0.25) is 0 Å². The van der Waals surface area contributed by atoms with Crippen LogP contribution in [0.5, 0.6) is 0 Å². The molecular weight excluding hydrogens is 284 g/mol. The standard InChI is InChI=1S/C17H15ClOSi/c18-13-19-20-17(11-4-1-5-12-17)16-10-6-8-14-7-2-3-9-15(14)16/h1-11H,12-13H2. The fourth-order valence-electron chi connectivity index (χ4n) is 2.72. The second kappa shape index (κ2) is 5.96. The molecule has 2 radical (unpaired) electrons. The molecule has 100 valence electrons. The van der Waals surface area contributed by atoms with Crippen LogP contribution in [0.15, 0.2) is 66.8 Å². The van der Waals surface area contributed by atoms with Crippen LogP contribution < -0.4 is 0 Å². The lowest BCUT2D eigenvalue weighted by molar-refractivity contribution is 0.391. The van der Waals surface area contributed by atoms with Gasteiger partial charge in [-0.2, -0.15) is 0 Å². The average molecular weight is 299 g/mol. The van der Waals surface area contributed by atoms with Gasteiger partial charge in [0.15, 0.2) is 0 Å². The van der Waals surface area contributed by atoms with Crippen LogP contribution in [0, 0.1) is 0 Å². The van der Waals surface area contributed by atoms with Gasteiger partial charge in [0, 0.05) is 5.04 Å². The van der Waals surface area contributed by atoms with E-state index in [1.165, 1.54) is 16.3 Å². The number of alkyl halides is 1. The van der Waals surface area contributed by atoms with Crippen LogP contribution in [0.2, 0.25) is 0 Å². The van der Waals surface area contributed by atoms with Crippen molar-refractivity contribution in [1.82, 2.24) is 0 Å². The van der Waals surface area contributed by atoms with E-state index in [1.807, 2.05) is 0 Å². The molecule has 1 nitrogen and oxygen atoms in total. The maximum atomic E-state index is 5.73. The summed E-state index contributed by atoms with van der Waals surface area (Å²) in [5.41, 5.74) is 1.32. The van der Waals surface area contributed by atoms with Gasteiger partial charge >= 0.3 is 0 Å². The van der Waals surface area contributed by atoms with Crippen LogP contribution in [-0.2, 0) is 9.46 Å². The van der Waals surface area contributed by atoms with E-state index in [0.717, 1.165) is 6.42 Å². The molecule has 0 fully saturated rings. The lowest BCUT2D eigenvalue weighted by atomic mass is 9.87. The first-order valence-electron chi connectivity index (χ1n) is 6.63. The zero-order valence-electron chi connectivity index (χ0n) is 11.1. The fraction of sp³-hybridized carbons (Fsp3) is 0.176. The van der Waals surface area contributed by atoms with E-state index in [1.54, 1.807) is 0 Å².